The molecular formula is C22H34O2Sn. The summed E-state index contributed by atoms with van der Waals surface area (Å²) in [4.78, 5) is 0. The van der Waals surface area contributed by atoms with E-state index in [1.54, 1.807) is 24.3 Å². The summed E-state index contributed by atoms with van der Waals surface area (Å²) >= 11 is 0. The molecule has 0 aliphatic carbocycles. The normalized spacial score (nSPS) is 10.2. The van der Waals surface area contributed by atoms with Crippen LogP contribution >= 0.6 is 0 Å². The fraction of sp³-hybridized carbons (Fsp3) is 0.455. The van der Waals surface area contributed by atoms with Crippen LogP contribution in [0.5, 0.6) is 11.5 Å². The fourth-order valence-electron chi connectivity index (χ4n) is 1.91. The Morgan fingerprint density at radius 1 is 0.520 bits per heavy atom. The average Bonchev–Trinajstić information content (AvgIpc) is 2.38. The molecular weight excluding hydrogens is 415 g/mol. The minimum Gasteiger partial charge on any atom is -0.872 e. The minimum atomic E-state index is 0. The first-order chi connectivity index (χ1) is 10.00. The number of rotatable bonds is 0. The van der Waals surface area contributed by atoms with E-state index < -0.39 is 0 Å². The standard InChI is InChI=1S/2C10H14O.2CH4.Sn/c2*1-10(2,3)8-4-6-9(11)7-5-8;;;/h2*4-7,11H,1-3H3;2*1H4;/q;;;;+2/p-2. The molecule has 0 aliphatic rings. The molecule has 0 spiro atoms. The van der Waals surface area contributed by atoms with Crippen molar-refractivity contribution in [3.63, 3.8) is 0 Å². The Morgan fingerprint density at radius 2 is 0.720 bits per heavy atom. The second-order valence-electron chi connectivity index (χ2n) is 7.55. The third-order valence-electron chi connectivity index (χ3n) is 3.44. The van der Waals surface area contributed by atoms with E-state index in [9.17, 15) is 10.2 Å². The maximum absolute atomic E-state index is 10.7. The Hall–Kier alpha value is -1.16. The SMILES string of the molecule is C.C.CC(C)(C)c1ccc([O-])cc1.CC(C)(C)c1ccc([O-])cc1.[Sn+2]. The van der Waals surface area contributed by atoms with Crippen LogP contribution in [0, 0.1) is 0 Å². The summed E-state index contributed by atoms with van der Waals surface area (Å²) in [6.45, 7) is 12.8. The van der Waals surface area contributed by atoms with Gasteiger partial charge >= 0.3 is 23.9 Å². The van der Waals surface area contributed by atoms with Gasteiger partial charge in [-0.3, -0.25) is 0 Å². The molecule has 3 heteroatoms. The van der Waals surface area contributed by atoms with Gasteiger partial charge in [-0.25, -0.2) is 0 Å². The van der Waals surface area contributed by atoms with Crippen LogP contribution in [0.3, 0.4) is 0 Å². The number of benzene rings is 2. The van der Waals surface area contributed by atoms with Gasteiger partial charge in [0.05, 0.1) is 0 Å². The van der Waals surface area contributed by atoms with Crippen molar-refractivity contribution in [2.75, 3.05) is 0 Å². The molecule has 0 amide bonds. The van der Waals surface area contributed by atoms with E-state index in [1.165, 1.54) is 11.1 Å². The zero-order valence-electron chi connectivity index (χ0n) is 14.9. The molecule has 138 valence electrons. The van der Waals surface area contributed by atoms with E-state index in [1.807, 2.05) is 24.3 Å². The van der Waals surface area contributed by atoms with Gasteiger partial charge in [-0.2, -0.15) is 0 Å². The molecule has 0 unspecified atom stereocenters. The predicted molar refractivity (Wildman–Crippen MR) is 108 cm³/mol. The summed E-state index contributed by atoms with van der Waals surface area (Å²) in [6.07, 6.45) is 0. The molecule has 0 saturated heterocycles. The van der Waals surface area contributed by atoms with Crippen LogP contribution in [-0.4, -0.2) is 23.9 Å². The Bertz CT molecular complexity index is 518. The smallest absolute Gasteiger partial charge is 0.872 e. The van der Waals surface area contributed by atoms with Crippen molar-refractivity contribution in [1.82, 2.24) is 0 Å². The first kappa shape index (κ1) is 28.6. The second kappa shape index (κ2) is 11.5. The quantitative estimate of drug-likeness (QED) is 0.532. The molecule has 0 N–H and O–H groups in total. The van der Waals surface area contributed by atoms with Crippen molar-refractivity contribution in [2.45, 2.75) is 67.2 Å². The monoisotopic (exact) mass is 450 g/mol. The summed E-state index contributed by atoms with van der Waals surface area (Å²) in [6, 6.07) is 14.0. The van der Waals surface area contributed by atoms with E-state index in [0.29, 0.717) is 0 Å². The molecule has 2 aromatic carbocycles. The van der Waals surface area contributed by atoms with E-state index in [2.05, 4.69) is 41.5 Å². The van der Waals surface area contributed by atoms with Crippen molar-refractivity contribution in [3.05, 3.63) is 59.7 Å². The van der Waals surface area contributed by atoms with E-state index >= 15 is 0 Å². The van der Waals surface area contributed by atoms with Crippen LogP contribution < -0.4 is 10.2 Å². The molecule has 0 heterocycles. The average molecular weight is 449 g/mol. The Labute approximate surface area is 172 Å². The van der Waals surface area contributed by atoms with Crippen molar-refractivity contribution in [2.24, 2.45) is 0 Å². The van der Waals surface area contributed by atoms with Crippen LogP contribution in [0.15, 0.2) is 48.5 Å². The summed E-state index contributed by atoms with van der Waals surface area (Å²) < 4.78 is 0. The summed E-state index contributed by atoms with van der Waals surface area (Å²) in [5.41, 5.74) is 2.70. The fourth-order valence-corrected chi connectivity index (χ4v) is 1.91. The molecule has 0 aliphatic heterocycles. The van der Waals surface area contributed by atoms with Crippen LogP contribution in [0.2, 0.25) is 0 Å². The van der Waals surface area contributed by atoms with Crippen molar-refractivity contribution < 1.29 is 10.2 Å². The summed E-state index contributed by atoms with van der Waals surface area (Å²) in [5.74, 6) is 0.163. The van der Waals surface area contributed by atoms with Gasteiger partial charge in [0.25, 0.3) is 0 Å². The van der Waals surface area contributed by atoms with Gasteiger partial charge in [-0.1, -0.05) is 105 Å². The summed E-state index contributed by atoms with van der Waals surface area (Å²) in [5, 5.41) is 21.5. The van der Waals surface area contributed by atoms with Crippen LogP contribution in [0.1, 0.15) is 67.5 Å². The molecule has 2 radical (unpaired) electrons. The maximum Gasteiger partial charge on any atom is 2.00 e. The number of hydrogen-bond donors (Lipinski definition) is 0. The predicted octanol–water partition coefficient (Wildman–Crippen LogP) is 5.01. The van der Waals surface area contributed by atoms with Gasteiger partial charge in [-0.05, 0) is 22.0 Å². The van der Waals surface area contributed by atoms with Gasteiger partial charge in [-0.15, -0.1) is 11.5 Å². The Morgan fingerprint density at radius 3 is 0.880 bits per heavy atom. The molecule has 25 heavy (non-hydrogen) atoms. The molecule has 0 saturated carbocycles. The third kappa shape index (κ3) is 10.4. The van der Waals surface area contributed by atoms with Gasteiger partial charge in [0.2, 0.25) is 0 Å². The summed E-state index contributed by atoms with van der Waals surface area (Å²) in [7, 11) is 0. The largest absolute Gasteiger partial charge is 2.00 e. The molecule has 0 aromatic heterocycles. The minimum absolute atomic E-state index is 0. The van der Waals surface area contributed by atoms with Gasteiger partial charge in [0.15, 0.2) is 0 Å². The maximum atomic E-state index is 10.7. The van der Waals surface area contributed by atoms with Gasteiger partial charge < -0.3 is 10.2 Å². The first-order valence-electron chi connectivity index (χ1n) is 7.55. The molecule has 0 bridgehead atoms. The van der Waals surface area contributed by atoms with Gasteiger partial charge in [0.1, 0.15) is 0 Å². The topological polar surface area (TPSA) is 46.1 Å². The van der Waals surface area contributed by atoms with E-state index in [0.717, 1.165) is 0 Å². The van der Waals surface area contributed by atoms with E-state index in [4.69, 9.17) is 0 Å². The Kier molecular flexibility index (Phi) is 13.1. The van der Waals surface area contributed by atoms with Crippen LogP contribution in [-0.2, 0) is 10.8 Å². The first-order valence-corrected chi connectivity index (χ1v) is 7.55. The van der Waals surface area contributed by atoms with Crippen LogP contribution in [0.25, 0.3) is 0 Å². The number of hydrogen-bond acceptors (Lipinski definition) is 2. The zero-order valence-corrected chi connectivity index (χ0v) is 17.8. The van der Waals surface area contributed by atoms with Gasteiger partial charge in [0, 0.05) is 0 Å². The second-order valence-corrected chi connectivity index (χ2v) is 7.55. The van der Waals surface area contributed by atoms with Crippen molar-refractivity contribution in [3.8, 4) is 11.5 Å². The van der Waals surface area contributed by atoms with Crippen molar-refractivity contribution in [1.29, 1.82) is 0 Å². The molecule has 2 aromatic rings. The van der Waals surface area contributed by atoms with E-state index in [-0.39, 0.29) is 61.1 Å². The third-order valence-corrected chi connectivity index (χ3v) is 3.44. The van der Waals surface area contributed by atoms with Crippen molar-refractivity contribution >= 4 is 23.9 Å². The Balaban J connectivity index is -0.000000346. The van der Waals surface area contributed by atoms with Crippen LogP contribution in [0.4, 0.5) is 0 Å². The zero-order chi connectivity index (χ0) is 17.0. The molecule has 2 rings (SSSR count). The molecule has 2 nitrogen and oxygen atoms in total. The molecule has 0 fully saturated rings. The molecule has 0 atom stereocenters.